The predicted molar refractivity (Wildman–Crippen MR) is 88.1 cm³/mol. The first kappa shape index (κ1) is 20.1. The number of amides is 2. The Morgan fingerprint density at radius 3 is 2.50 bits per heavy atom. The number of carbonyl (C=O) groups excluding carboxylic acids is 2. The van der Waals surface area contributed by atoms with Gasteiger partial charge in [-0.15, -0.1) is 12.4 Å². The Balaban J connectivity index is 0.00000441. The van der Waals surface area contributed by atoms with Gasteiger partial charge in [0.25, 0.3) is 5.56 Å². The van der Waals surface area contributed by atoms with Gasteiger partial charge in [-0.05, 0) is 18.9 Å². The number of rotatable bonds is 6. The maximum absolute atomic E-state index is 11.7. The zero-order valence-electron chi connectivity index (χ0n) is 13.0. The van der Waals surface area contributed by atoms with Crippen LogP contribution in [0.3, 0.4) is 0 Å². The Labute approximate surface area is 135 Å². The molecule has 1 rings (SSSR count). The number of carbonyl (C=O) groups is 2. The van der Waals surface area contributed by atoms with Crippen molar-refractivity contribution in [2.45, 2.75) is 33.4 Å². The van der Waals surface area contributed by atoms with Gasteiger partial charge < -0.3 is 20.9 Å². The Kier molecular flexibility index (Phi) is 8.44. The molecule has 0 aliphatic rings. The van der Waals surface area contributed by atoms with Crippen molar-refractivity contribution < 1.29 is 9.59 Å². The Morgan fingerprint density at radius 1 is 1.32 bits per heavy atom. The lowest BCUT2D eigenvalue weighted by atomic mass is 10.1. The summed E-state index contributed by atoms with van der Waals surface area (Å²) in [5.41, 5.74) is 6.04. The fourth-order valence-corrected chi connectivity index (χ4v) is 1.65. The summed E-state index contributed by atoms with van der Waals surface area (Å²) in [5, 5.41) is 5.09. The zero-order chi connectivity index (χ0) is 16.0. The summed E-state index contributed by atoms with van der Waals surface area (Å²) in [4.78, 5) is 34.8. The summed E-state index contributed by atoms with van der Waals surface area (Å²) in [6, 6.07) is 2.26. The summed E-state index contributed by atoms with van der Waals surface area (Å²) in [7, 11) is 0. The van der Waals surface area contributed by atoms with Crippen molar-refractivity contribution in [1.82, 2.24) is 9.88 Å². The molecule has 0 bridgehead atoms. The van der Waals surface area contributed by atoms with E-state index in [1.165, 1.54) is 16.7 Å². The third-order valence-corrected chi connectivity index (χ3v) is 3.05. The highest BCUT2D eigenvalue weighted by Crippen LogP contribution is 2.03. The Hall–Kier alpha value is -1.86. The van der Waals surface area contributed by atoms with Crippen LogP contribution in [-0.4, -0.2) is 29.0 Å². The molecule has 1 heterocycles. The molecule has 0 saturated carbocycles. The van der Waals surface area contributed by atoms with Crippen LogP contribution < -0.4 is 21.9 Å². The molecule has 124 valence electrons. The fourth-order valence-electron chi connectivity index (χ4n) is 1.65. The van der Waals surface area contributed by atoms with E-state index in [9.17, 15) is 14.4 Å². The van der Waals surface area contributed by atoms with Gasteiger partial charge in [-0.3, -0.25) is 14.4 Å². The van der Waals surface area contributed by atoms with E-state index in [4.69, 9.17) is 5.73 Å². The number of nitrogens with two attached hydrogens (primary N) is 1. The third-order valence-electron chi connectivity index (χ3n) is 3.05. The number of anilines is 1. The fraction of sp³-hybridized carbons (Fsp3) is 0.500. The lowest BCUT2D eigenvalue weighted by Crippen LogP contribution is -2.46. The molecule has 1 aromatic rings. The van der Waals surface area contributed by atoms with Gasteiger partial charge in [0.15, 0.2) is 0 Å². The summed E-state index contributed by atoms with van der Waals surface area (Å²) in [6.07, 6.45) is 1.56. The molecule has 0 radical (unpaired) electrons. The Bertz CT molecular complexity index is 571. The molecule has 0 aliphatic heterocycles. The monoisotopic (exact) mass is 330 g/mol. The highest BCUT2D eigenvalue weighted by Gasteiger charge is 2.17. The molecule has 0 saturated heterocycles. The second-order valence-electron chi connectivity index (χ2n) is 5.08. The van der Waals surface area contributed by atoms with E-state index in [1.807, 2.05) is 20.8 Å². The van der Waals surface area contributed by atoms with Crippen LogP contribution in [0.25, 0.3) is 0 Å². The maximum atomic E-state index is 11.7. The minimum absolute atomic E-state index is 0. The summed E-state index contributed by atoms with van der Waals surface area (Å²) >= 11 is 0. The van der Waals surface area contributed by atoms with Crippen LogP contribution in [0, 0.1) is 5.92 Å². The molecular weight excluding hydrogens is 308 g/mol. The van der Waals surface area contributed by atoms with E-state index in [1.54, 1.807) is 6.20 Å². The maximum Gasteiger partial charge on any atom is 0.250 e. The van der Waals surface area contributed by atoms with Crippen molar-refractivity contribution in [2.75, 3.05) is 11.9 Å². The van der Waals surface area contributed by atoms with E-state index in [-0.39, 0.29) is 42.2 Å². The third kappa shape index (κ3) is 5.87. The first-order valence-electron chi connectivity index (χ1n) is 6.88. The van der Waals surface area contributed by atoms with E-state index < -0.39 is 6.04 Å². The molecular formula is C14H23ClN4O3. The summed E-state index contributed by atoms with van der Waals surface area (Å²) in [6.45, 7) is 5.85. The number of hydrogen-bond acceptors (Lipinski definition) is 4. The van der Waals surface area contributed by atoms with Crippen LogP contribution >= 0.6 is 12.4 Å². The number of aromatic nitrogens is 1. The number of pyridine rings is 1. The van der Waals surface area contributed by atoms with Crippen molar-refractivity contribution >= 4 is 29.9 Å². The molecule has 22 heavy (non-hydrogen) atoms. The normalized spacial score (nSPS) is 11.5. The topological polar surface area (TPSA) is 106 Å². The van der Waals surface area contributed by atoms with Crippen LogP contribution in [0.15, 0.2) is 23.1 Å². The second kappa shape index (κ2) is 9.22. The van der Waals surface area contributed by atoms with E-state index in [0.29, 0.717) is 12.2 Å². The highest BCUT2D eigenvalue weighted by atomic mass is 35.5. The summed E-state index contributed by atoms with van der Waals surface area (Å²) < 4.78 is 1.48. The van der Waals surface area contributed by atoms with Crippen molar-refractivity contribution in [3.8, 4) is 0 Å². The number of nitrogens with zero attached hydrogens (tertiary/aromatic N) is 1. The largest absolute Gasteiger partial charge is 0.346 e. The lowest BCUT2D eigenvalue weighted by Gasteiger charge is -2.15. The minimum Gasteiger partial charge on any atom is -0.346 e. The number of hydrogen-bond donors (Lipinski definition) is 3. The lowest BCUT2D eigenvalue weighted by molar-refractivity contribution is -0.125. The standard InChI is InChI=1S/C14H22N4O3.ClH/c1-4-18-8-10(5-6-12(18)20)17-11(19)7-16-14(21)13(15)9(2)3;/h5-6,8-9,13H,4,7,15H2,1-3H3,(H,16,21)(H,17,19);1H/t13-;/m0./s1. The molecule has 2 amide bonds. The van der Waals surface area contributed by atoms with Gasteiger partial charge in [-0.1, -0.05) is 13.8 Å². The molecule has 0 spiro atoms. The van der Waals surface area contributed by atoms with Crippen LogP contribution in [0.4, 0.5) is 5.69 Å². The average Bonchev–Trinajstić information content (AvgIpc) is 2.45. The smallest absolute Gasteiger partial charge is 0.250 e. The molecule has 0 fully saturated rings. The predicted octanol–water partition coefficient (Wildman–Crippen LogP) is 0.328. The molecule has 1 aromatic heterocycles. The molecule has 1 atom stereocenters. The van der Waals surface area contributed by atoms with E-state index in [2.05, 4.69) is 10.6 Å². The van der Waals surface area contributed by atoms with E-state index >= 15 is 0 Å². The van der Waals surface area contributed by atoms with Crippen LogP contribution in [0.2, 0.25) is 0 Å². The van der Waals surface area contributed by atoms with Crippen LogP contribution in [0.1, 0.15) is 20.8 Å². The Morgan fingerprint density at radius 2 is 1.95 bits per heavy atom. The number of aryl methyl sites for hydroxylation is 1. The number of halogens is 1. The van der Waals surface area contributed by atoms with Crippen molar-refractivity contribution in [1.29, 1.82) is 0 Å². The molecule has 7 nitrogen and oxygen atoms in total. The second-order valence-corrected chi connectivity index (χ2v) is 5.08. The average molecular weight is 331 g/mol. The minimum atomic E-state index is -0.639. The summed E-state index contributed by atoms with van der Waals surface area (Å²) in [5.74, 6) is -0.736. The van der Waals surface area contributed by atoms with Gasteiger partial charge in [0.05, 0.1) is 18.3 Å². The van der Waals surface area contributed by atoms with Crippen molar-refractivity contribution in [2.24, 2.45) is 11.7 Å². The van der Waals surface area contributed by atoms with Crippen molar-refractivity contribution in [3.05, 3.63) is 28.7 Å². The van der Waals surface area contributed by atoms with E-state index in [0.717, 1.165) is 0 Å². The first-order valence-corrected chi connectivity index (χ1v) is 6.88. The van der Waals surface area contributed by atoms with Crippen molar-refractivity contribution in [3.63, 3.8) is 0 Å². The highest BCUT2D eigenvalue weighted by molar-refractivity contribution is 5.95. The number of nitrogens with one attached hydrogen (secondary N) is 2. The first-order chi connectivity index (χ1) is 9.85. The van der Waals surface area contributed by atoms with Crippen LogP contribution in [-0.2, 0) is 16.1 Å². The molecule has 4 N–H and O–H groups in total. The molecule has 8 heteroatoms. The van der Waals surface area contributed by atoms with Gasteiger partial charge >= 0.3 is 0 Å². The van der Waals surface area contributed by atoms with Gasteiger partial charge in [0.2, 0.25) is 11.8 Å². The van der Waals surface area contributed by atoms with Crippen LogP contribution in [0.5, 0.6) is 0 Å². The molecule has 0 unspecified atom stereocenters. The van der Waals surface area contributed by atoms with Gasteiger partial charge in [-0.25, -0.2) is 0 Å². The van der Waals surface area contributed by atoms with Gasteiger partial charge in [-0.2, -0.15) is 0 Å². The van der Waals surface area contributed by atoms with Gasteiger partial charge in [0, 0.05) is 18.8 Å². The quantitative estimate of drug-likeness (QED) is 0.698. The van der Waals surface area contributed by atoms with Gasteiger partial charge in [0.1, 0.15) is 0 Å². The zero-order valence-corrected chi connectivity index (χ0v) is 13.8. The molecule has 0 aliphatic carbocycles. The SMILES string of the molecule is CCn1cc(NC(=O)CNC(=O)[C@@H](N)C(C)C)ccc1=O.Cl. The molecule has 0 aromatic carbocycles.